The molecule has 3 heteroatoms. The van der Waals surface area contributed by atoms with Crippen molar-refractivity contribution in [1.82, 2.24) is 4.90 Å². The molecule has 0 aromatic rings. The lowest BCUT2D eigenvalue weighted by Gasteiger charge is -2.05. The van der Waals surface area contributed by atoms with Crippen molar-refractivity contribution in [3.05, 3.63) is 0 Å². The molecule has 0 unspecified atom stereocenters. The van der Waals surface area contributed by atoms with Crippen molar-refractivity contribution in [2.75, 3.05) is 28.2 Å². The fraction of sp³-hybridized carbons (Fsp3) is 0.800. The fourth-order valence-corrected chi connectivity index (χ4v) is 0.400. The third kappa shape index (κ3) is 2.00. The lowest BCUT2D eigenvalue weighted by molar-refractivity contribution is -0.466. The SMILES string of the molecule is BC(N(C)C)=[N+](C)C. The average molecular weight is 113 g/mol. The average Bonchev–Trinajstić information content (AvgIpc) is 1.64. The second-order valence-corrected chi connectivity index (χ2v) is 2.34. The van der Waals surface area contributed by atoms with Crippen LogP contribution in [0.1, 0.15) is 0 Å². The van der Waals surface area contributed by atoms with Gasteiger partial charge in [-0.1, -0.05) is 0 Å². The van der Waals surface area contributed by atoms with Gasteiger partial charge < -0.3 is 0 Å². The molecular weight excluding hydrogens is 98.9 g/mol. The standard InChI is InChI=1S/C5H14BN2/c1-7(2)5(6)8(3)4/h6H2,1-4H3/q+1. The zero-order valence-electron chi connectivity index (χ0n) is 6.39. The highest BCUT2D eigenvalue weighted by atomic mass is 15.2. The highest BCUT2D eigenvalue weighted by Crippen LogP contribution is 1.72. The van der Waals surface area contributed by atoms with Crippen molar-refractivity contribution in [2.45, 2.75) is 0 Å². The van der Waals surface area contributed by atoms with E-state index in [1.807, 2.05) is 28.2 Å². The molecule has 0 aromatic carbocycles. The van der Waals surface area contributed by atoms with Gasteiger partial charge in [-0.2, -0.15) is 0 Å². The summed E-state index contributed by atoms with van der Waals surface area (Å²) in [5.41, 5.74) is 1.27. The Hall–Kier alpha value is -0.465. The van der Waals surface area contributed by atoms with Crippen molar-refractivity contribution in [3.8, 4) is 0 Å². The Morgan fingerprint density at radius 2 is 1.75 bits per heavy atom. The molecule has 0 spiro atoms. The lowest BCUT2D eigenvalue weighted by atomic mass is 10.1. The van der Waals surface area contributed by atoms with Crippen LogP contribution in [0.15, 0.2) is 0 Å². The molecule has 8 heavy (non-hydrogen) atoms. The molecule has 0 aliphatic rings. The Morgan fingerprint density at radius 3 is 1.75 bits per heavy atom. The molecule has 0 amide bonds. The van der Waals surface area contributed by atoms with Crippen LogP contribution in [0.5, 0.6) is 0 Å². The molecule has 0 heterocycles. The maximum absolute atomic E-state index is 2.08. The van der Waals surface area contributed by atoms with Gasteiger partial charge >= 0.3 is 0 Å². The Bertz CT molecular complexity index is 103. The van der Waals surface area contributed by atoms with Gasteiger partial charge in [-0.05, 0) is 0 Å². The Labute approximate surface area is 52.2 Å². The van der Waals surface area contributed by atoms with Crippen molar-refractivity contribution >= 4 is 13.6 Å². The van der Waals surface area contributed by atoms with Crippen molar-refractivity contribution in [1.29, 1.82) is 0 Å². The molecule has 0 aliphatic carbocycles. The first-order valence-electron chi connectivity index (χ1n) is 2.74. The molecule has 0 fully saturated rings. The van der Waals surface area contributed by atoms with Gasteiger partial charge in [0.05, 0.1) is 28.2 Å². The number of rotatable bonds is 0. The summed E-state index contributed by atoms with van der Waals surface area (Å²) in [4.78, 5) is 2.08. The molecule has 0 saturated heterocycles. The van der Waals surface area contributed by atoms with Crippen LogP contribution in [-0.4, -0.2) is 51.2 Å². The van der Waals surface area contributed by atoms with E-state index < -0.39 is 0 Å². The van der Waals surface area contributed by atoms with E-state index in [0.717, 1.165) is 0 Å². The topological polar surface area (TPSA) is 6.25 Å². The normalized spacial score (nSPS) is 8.50. The molecule has 46 valence electrons. The molecule has 0 N–H and O–H groups in total. The lowest BCUT2D eigenvalue weighted by Crippen LogP contribution is -2.29. The van der Waals surface area contributed by atoms with Crippen LogP contribution in [-0.2, 0) is 0 Å². The number of nitrogens with zero attached hydrogens (tertiary/aromatic N) is 2. The Morgan fingerprint density at radius 1 is 1.38 bits per heavy atom. The molecule has 2 nitrogen and oxygen atoms in total. The second-order valence-electron chi connectivity index (χ2n) is 2.34. The minimum atomic E-state index is 1.27. The van der Waals surface area contributed by atoms with Gasteiger partial charge in [-0.25, -0.2) is 0 Å². The third-order valence-corrected chi connectivity index (χ3v) is 1.29. The van der Waals surface area contributed by atoms with Crippen molar-refractivity contribution in [3.63, 3.8) is 0 Å². The summed E-state index contributed by atoms with van der Waals surface area (Å²) in [6.07, 6.45) is 0. The van der Waals surface area contributed by atoms with Gasteiger partial charge in [0.15, 0.2) is 5.73 Å². The molecule has 0 atom stereocenters. The summed E-state index contributed by atoms with van der Waals surface area (Å²) in [6, 6.07) is 0. The summed E-state index contributed by atoms with van der Waals surface area (Å²) in [6.45, 7) is 0. The highest BCUT2D eigenvalue weighted by Gasteiger charge is 1.99. The number of hydrogen-bond donors (Lipinski definition) is 0. The Kier molecular flexibility index (Phi) is 2.59. The van der Waals surface area contributed by atoms with Crippen LogP contribution < -0.4 is 0 Å². The molecule has 0 saturated carbocycles. The number of amidine groups is 1. The summed E-state index contributed by atoms with van der Waals surface area (Å²) in [7, 11) is 10.2. The van der Waals surface area contributed by atoms with Crippen LogP contribution in [0.3, 0.4) is 0 Å². The van der Waals surface area contributed by atoms with E-state index in [4.69, 9.17) is 0 Å². The first-order valence-corrected chi connectivity index (χ1v) is 2.74. The number of hydrogen-bond acceptors (Lipinski definition) is 0. The van der Waals surface area contributed by atoms with Crippen molar-refractivity contribution in [2.24, 2.45) is 0 Å². The Balaban J connectivity index is 4.00. The van der Waals surface area contributed by atoms with Crippen LogP contribution in [0, 0.1) is 0 Å². The first-order chi connectivity index (χ1) is 3.55. The monoisotopic (exact) mass is 113 g/mol. The van der Waals surface area contributed by atoms with E-state index in [9.17, 15) is 0 Å². The van der Waals surface area contributed by atoms with E-state index in [1.54, 1.807) is 0 Å². The first kappa shape index (κ1) is 7.53. The highest BCUT2D eigenvalue weighted by molar-refractivity contribution is 6.57. The van der Waals surface area contributed by atoms with E-state index in [0.29, 0.717) is 0 Å². The summed E-state index contributed by atoms with van der Waals surface area (Å²) >= 11 is 0. The summed E-state index contributed by atoms with van der Waals surface area (Å²) in [5.74, 6) is 0. The zero-order valence-corrected chi connectivity index (χ0v) is 6.39. The van der Waals surface area contributed by atoms with E-state index >= 15 is 0 Å². The van der Waals surface area contributed by atoms with E-state index in [2.05, 4.69) is 17.3 Å². The predicted molar refractivity (Wildman–Crippen MR) is 39.3 cm³/mol. The van der Waals surface area contributed by atoms with Gasteiger partial charge in [0.25, 0.3) is 0 Å². The molecular formula is C5H14BN2+. The van der Waals surface area contributed by atoms with Gasteiger partial charge in [-0.3, -0.25) is 9.48 Å². The molecule has 0 bridgehead atoms. The fourth-order valence-electron chi connectivity index (χ4n) is 0.400. The smallest absolute Gasteiger partial charge is 0.247 e. The van der Waals surface area contributed by atoms with Gasteiger partial charge in [0.2, 0.25) is 7.85 Å². The van der Waals surface area contributed by atoms with Gasteiger partial charge in [-0.15, -0.1) is 0 Å². The van der Waals surface area contributed by atoms with Crippen LogP contribution >= 0.6 is 0 Å². The van der Waals surface area contributed by atoms with Crippen LogP contribution in [0.2, 0.25) is 0 Å². The van der Waals surface area contributed by atoms with Gasteiger partial charge in [0, 0.05) is 0 Å². The quantitative estimate of drug-likeness (QED) is 0.166. The molecule has 0 aliphatic heterocycles. The summed E-state index contributed by atoms with van der Waals surface area (Å²) < 4.78 is 2.08. The summed E-state index contributed by atoms with van der Waals surface area (Å²) in [5, 5.41) is 0. The van der Waals surface area contributed by atoms with Crippen molar-refractivity contribution < 1.29 is 4.58 Å². The largest absolute Gasteiger partial charge is 0.281 e. The minimum absolute atomic E-state index is 1.27. The zero-order chi connectivity index (χ0) is 6.73. The van der Waals surface area contributed by atoms with Gasteiger partial charge in [0.1, 0.15) is 0 Å². The second kappa shape index (κ2) is 2.75. The maximum Gasteiger partial charge on any atom is 0.247 e. The third-order valence-electron chi connectivity index (χ3n) is 1.29. The van der Waals surface area contributed by atoms with E-state index in [1.165, 1.54) is 5.73 Å². The predicted octanol–water partition coefficient (Wildman–Crippen LogP) is -1.19. The minimum Gasteiger partial charge on any atom is -0.281 e. The molecule has 0 radical (unpaired) electrons. The van der Waals surface area contributed by atoms with Crippen LogP contribution in [0.4, 0.5) is 0 Å². The van der Waals surface area contributed by atoms with E-state index in [-0.39, 0.29) is 0 Å². The molecule has 0 aromatic heterocycles. The maximum atomic E-state index is 2.08. The van der Waals surface area contributed by atoms with Crippen LogP contribution in [0.25, 0.3) is 0 Å². The molecule has 0 rings (SSSR count).